The Labute approximate surface area is 77.6 Å². The van der Waals surface area contributed by atoms with E-state index < -0.39 is 0 Å². The monoisotopic (exact) mass is 179 g/mol. The zero-order valence-corrected chi connectivity index (χ0v) is 7.75. The van der Waals surface area contributed by atoms with Gasteiger partial charge in [0.15, 0.2) is 0 Å². The van der Waals surface area contributed by atoms with Crippen molar-refractivity contribution in [2.45, 2.75) is 19.8 Å². The summed E-state index contributed by atoms with van der Waals surface area (Å²) in [7, 11) is 0. The maximum absolute atomic E-state index is 12.6. The summed E-state index contributed by atoms with van der Waals surface area (Å²) in [5, 5.41) is 0. The van der Waals surface area contributed by atoms with Crippen molar-refractivity contribution in [2.24, 2.45) is 5.92 Å². The Bertz CT molecular complexity index is 277. The Kier molecular flexibility index (Phi) is 3.18. The molecule has 0 N–H and O–H groups in total. The summed E-state index contributed by atoms with van der Waals surface area (Å²) in [5.74, 6) is -0.333. The van der Waals surface area contributed by atoms with Crippen LogP contribution in [-0.4, -0.2) is 6.29 Å². The number of benzene rings is 1. The summed E-state index contributed by atoms with van der Waals surface area (Å²) in [4.78, 5) is 10.6. The summed E-state index contributed by atoms with van der Waals surface area (Å²) in [5.41, 5.74) is 0.825. The zero-order chi connectivity index (χ0) is 9.84. The Morgan fingerprint density at radius 2 is 1.77 bits per heavy atom. The Morgan fingerprint density at radius 1 is 1.23 bits per heavy atom. The smallest absolute Gasteiger partial charge is 0.206 e. The highest BCUT2D eigenvalue weighted by Gasteiger charge is 2.15. The van der Waals surface area contributed by atoms with E-state index in [1.807, 2.05) is 20.1 Å². The van der Waals surface area contributed by atoms with Gasteiger partial charge in [-0.15, -0.1) is 0 Å². The van der Waals surface area contributed by atoms with E-state index in [1.54, 1.807) is 12.1 Å². The topological polar surface area (TPSA) is 17.1 Å². The molecule has 0 saturated carbocycles. The van der Waals surface area contributed by atoms with Crippen molar-refractivity contribution < 1.29 is 9.18 Å². The maximum atomic E-state index is 12.6. The molecule has 0 saturated heterocycles. The third-order valence-electron chi connectivity index (χ3n) is 2.02. The van der Waals surface area contributed by atoms with Crippen LogP contribution >= 0.6 is 0 Å². The third kappa shape index (κ3) is 2.38. The van der Waals surface area contributed by atoms with E-state index in [0.717, 1.165) is 5.56 Å². The lowest BCUT2D eigenvalue weighted by molar-refractivity contribution is 0.508. The summed E-state index contributed by atoms with van der Waals surface area (Å²) >= 11 is 0. The van der Waals surface area contributed by atoms with Crippen LogP contribution in [0.3, 0.4) is 0 Å². The van der Waals surface area contributed by atoms with Gasteiger partial charge in [0.05, 0.1) is 5.92 Å². The minimum atomic E-state index is -0.280. The molecule has 1 radical (unpaired) electrons. The first-order chi connectivity index (χ1) is 6.15. The summed E-state index contributed by atoms with van der Waals surface area (Å²) in [6, 6.07) is 5.99. The van der Waals surface area contributed by atoms with Crippen molar-refractivity contribution in [3.63, 3.8) is 0 Å². The van der Waals surface area contributed by atoms with E-state index in [-0.39, 0.29) is 17.7 Å². The molecule has 1 atom stereocenters. The van der Waals surface area contributed by atoms with Gasteiger partial charge in [0.2, 0.25) is 6.29 Å². The van der Waals surface area contributed by atoms with Gasteiger partial charge in [0.25, 0.3) is 0 Å². The molecule has 0 spiro atoms. The molecule has 0 heterocycles. The van der Waals surface area contributed by atoms with Crippen LogP contribution in [0.5, 0.6) is 0 Å². The molecule has 0 aliphatic rings. The second-order valence-electron chi connectivity index (χ2n) is 3.39. The van der Waals surface area contributed by atoms with Crippen LogP contribution in [0.1, 0.15) is 25.3 Å². The molecule has 0 bridgehead atoms. The molecular weight excluding hydrogens is 167 g/mol. The van der Waals surface area contributed by atoms with Gasteiger partial charge in [0, 0.05) is 0 Å². The van der Waals surface area contributed by atoms with Crippen molar-refractivity contribution in [1.82, 2.24) is 0 Å². The van der Waals surface area contributed by atoms with Gasteiger partial charge >= 0.3 is 0 Å². The van der Waals surface area contributed by atoms with E-state index in [9.17, 15) is 9.18 Å². The largest absolute Gasteiger partial charge is 0.290 e. The Morgan fingerprint density at radius 3 is 2.15 bits per heavy atom. The van der Waals surface area contributed by atoms with Crippen molar-refractivity contribution in [3.8, 4) is 0 Å². The average molecular weight is 179 g/mol. The van der Waals surface area contributed by atoms with Gasteiger partial charge in [-0.25, -0.2) is 4.39 Å². The molecule has 1 aromatic rings. The van der Waals surface area contributed by atoms with Crippen LogP contribution in [0.4, 0.5) is 4.39 Å². The minimum Gasteiger partial charge on any atom is -0.290 e. The number of hydrogen-bond acceptors (Lipinski definition) is 1. The van der Waals surface area contributed by atoms with E-state index in [4.69, 9.17) is 0 Å². The summed E-state index contributed by atoms with van der Waals surface area (Å²) in [6.45, 7) is 3.89. The van der Waals surface area contributed by atoms with Gasteiger partial charge in [-0.3, -0.25) is 4.79 Å². The number of carbonyl (C=O) groups excluding carboxylic acids is 1. The van der Waals surface area contributed by atoms with Crippen molar-refractivity contribution in [2.75, 3.05) is 0 Å². The van der Waals surface area contributed by atoms with E-state index in [1.165, 1.54) is 12.1 Å². The van der Waals surface area contributed by atoms with E-state index in [2.05, 4.69) is 0 Å². The lowest BCUT2D eigenvalue weighted by Crippen LogP contribution is -2.07. The second-order valence-corrected chi connectivity index (χ2v) is 3.39. The molecule has 13 heavy (non-hydrogen) atoms. The molecule has 2 heteroatoms. The molecule has 0 aliphatic carbocycles. The molecule has 0 aliphatic heterocycles. The first-order valence-electron chi connectivity index (χ1n) is 4.28. The van der Waals surface area contributed by atoms with Crippen molar-refractivity contribution in [3.05, 3.63) is 35.6 Å². The quantitative estimate of drug-likeness (QED) is 0.697. The molecular formula is C11H12FO. The SMILES string of the molecule is CC(C)C([C]=O)c1ccc(F)cc1. The number of rotatable bonds is 3. The molecule has 1 aromatic carbocycles. The number of hydrogen-bond donors (Lipinski definition) is 0. The molecule has 69 valence electrons. The molecule has 0 aromatic heterocycles. The van der Waals surface area contributed by atoms with Gasteiger partial charge in [-0.2, -0.15) is 0 Å². The lowest BCUT2D eigenvalue weighted by atomic mass is 9.90. The highest BCUT2D eigenvalue weighted by Crippen LogP contribution is 2.21. The molecule has 1 unspecified atom stereocenters. The van der Waals surface area contributed by atoms with Crippen LogP contribution in [-0.2, 0) is 4.79 Å². The van der Waals surface area contributed by atoms with Gasteiger partial charge in [0.1, 0.15) is 5.82 Å². The van der Waals surface area contributed by atoms with Gasteiger partial charge in [-0.05, 0) is 23.6 Å². The lowest BCUT2D eigenvalue weighted by Gasteiger charge is -2.13. The fourth-order valence-electron chi connectivity index (χ4n) is 1.26. The van der Waals surface area contributed by atoms with Crippen LogP contribution < -0.4 is 0 Å². The number of halogens is 1. The van der Waals surface area contributed by atoms with E-state index >= 15 is 0 Å². The zero-order valence-electron chi connectivity index (χ0n) is 7.75. The van der Waals surface area contributed by atoms with Crippen LogP contribution in [0.2, 0.25) is 0 Å². The molecule has 0 fully saturated rings. The Hall–Kier alpha value is -1.18. The third-order valence-corrected chi connectivity index (χ3v) is 2.02. The highest BCUT2D eigenvalue weighted by atomic mass is 19.1. The average Bonchev–Trinajstić information content (AvgIpc) is 2.09. The van der Waals surface area contributed by atoms with Crippen molar-refractivity contribution in [1.29, 1.82) is 0 Å². The highest BCUT2D eigenvalue weighted by molar-refractivity contribution is 5.63. The maximum Gasteiger partial charge on any atom is 0.206 e. The predicted octanol–water partition coefficient (Wildman–Crippen LogP) is 2.68. The Balaban J connectivity index is 2.92. The van der Waals surface area contributed by atoms with Crippen LogP contribution in [0, 0.1) is 11.7 Å². The standard InChI is InChI=1S/C11H12FO/c1-8(2)11(7-13)9-3-5-10(12)6-4-9/h3-6,8,11H,1-2H3. The molecule has 1 rings (SSSR count). The van der Waals surface area contributed by atoms with Crippen LogP contribution in [0.25, 0.3) is 0 Å². The van der Waals surface area contributed by atoms with Gasteiger partial charge in [-0.1, -0.05) is 26.0 Å². The fraction of sp³-hybridized carbons (Fsp3) is 0.364. The normalized spacial score (nSPS) is 12.9. The summed E-state index contributed by atoms with van der Waals surface area (Å²) in [6.07, 6.45) is 1.96. The van der Waals surface area contributed by atoms with Crippen LogP contribution in [0.15, 0.2) is 24.3 Å². The minimum absolute atomic E-state index is 0.197. The molecule has 1 nitrogen and oxygen atoms in total. The van der Waals surface area contributed by atoms with Gasteiger partial charge < -0.3 is 0 Å². The first kappa shape index (κ1) is 9.90. The summed E-state index contributed by atoms with van der Waals surface area (Å²) < 4.78 is 12.6. The van der Waals surface area contributed by atoms with E-state index in [0.29, 0.717) is 0 Å². The predicted molar refractivity (Wildman–Crippen MR) is 49.7 cm³/mol. The molecule has 0 amide bonds. The fourth-order valence-corrected chi connectivity index (χ4v) is 1.26. The first-order valence-corrected chi connectivity index (χ1v) is 4.28. The second kappa shape index (κ2) is 4.17. The van der Waals surface area contributed by atoms with Crippen molar-refractivity contribution >= 4 is 6.29 Å².